The van der Waals surface area contributed by atoms with Crippen molar-refractivity contribution in [3.63, 3.8) is 0 Å². The second-order valence-electron chi connectivity index (χ2n) is 2.70. The maximum absolute atomic E-state index is 9.42. The van der Waals surface area contributed by atoms with Crippen LogP contribution in [0, 0.1) is 5.92 Å². The minimum atomic E-state index is -0.439. The molecule has 0 bridgehead atoms. The van der Waals surface area contributed by atoms with E-state index in [1.807, 2.05) is 20.8 Å². The van der Waals surface area contributed by atoms with Crippen molar-refractivity contribution in [1.29, 1.82) is 0 Å². The van der Waals surface area contributed by atoms with Gasteiger partial charge in [-0.3, -0.25) is 5.14 Å². The monoisotopic (exact) mass is 176 g/mol. The molecule has 0 rings (SSSR count). The molecule has 0 saturated heterocycles. The maximum Gasteiger partial charge on any atom is 0.0928 e. The van der Waals surface area contributed by atoms with Gasteiger partial charge in [-0.15, -0.1) is 0 Å². The zero-order chi connectivity index (χ0) is 8.85. The van der Waals surface area contributed by atoms with E-state index in [2.05, 4.69) is 4.40 Å². The van der Waals surface area contributed by atoms with Crippen molar-refractivity contribution < 1.29 is 5.11 Å². The molecule has 0 aliphatic heterocycles. The Kier molecular flexibility index (Phi) is 5.54. The Balaban J connectivity index is 4.21. The van der Waals surface area contributed by atoms with Gasteiger partial charge in [-0.1, -0.05) is 20.8 Å². The highest BCUT2D eigenvalue weighted by atomic mass is 32.2. The Morgan fingerprint density at radius 1 is 1.64 bits per heavy atom. The summed E-state index contributed by atoms with van der Waals surface area (Å²) >= 11 is 0.910. The number of hydrogen-bond donors (Lipinski definition) is 2. The molecule has 1 unspecified atom stereocenters. The molecule has 0 aromatic heterocycles. The molecule has 1 atom stereocenters. The van der Waals surface area contributed by atoms with Crippen molar-refractivity contribution in [3.05, 3.63) is 0 Å². The fourth-order valence-corrected chi connectivity index (χ4v) is 1.28. The summed E-state index contributed by atoms with van der Waals surface area (Å²) in [5.74, 6) is 0.265. The molecule has 0 amide bonds. The standard InChI is InChI=1S/C7H16N2OS/c1-4-6(10)7(5(2)3)9-11-8/h5-6,10H,4,8H2,1-3H3. The molecule has 0 heterocycles. The lowest BCUT2D eigenvalue weighted by atomic mass is 10.0. The molecule has 3 nitrogen and oxygen atoms in total. The van der Waals surface area contributed by atoms with E-state index in [0.29, 0.717) is 6.42 Å². The van der Waals surface area contributed by atoms with Crippen molar-refractivity contribution in [2.75, 3.05) is 0 Å². The van der Waals surface area contributed by atoms with Gasteiger partial charge in [0.1, 0.15) is 0 Å². The molecule has 66 valence electrons. The van der Waals surface area contributed by atoms with Crippen LogP contribution in [0.5, 0.6) is 0 Å². The number of rotatable bonds is 4. The highest BCUT2D eigenvalue weighted by Gasteiger charge is 2.13. The van der Waals surface area contributed by atoms with Gasteiger partial charge < -0.3 is 5.11 Å². The average Bonchev–Trinajstić information content (AvgIpc) is 1.98. The first-order chi connectivity index (χ1) is 5.13. The molecule has 4 heteroatoms. The van der Waals surface area contributed by atoms with Crippen molar-refractivity contribution in [2.24, 2.45) is 15.5 Å². The van der Waals surface area contributed by atoms with E-state index in [9.17, 15) is 5.11 Å². The molecule has 3 N–H and O–H groups in total. The molecular weight excluding hydrogens is 160 g/mol. The zero-order valence-corrected chi connectivity index (χ0v) is 8.06. The van der Waals surface area contributed by atoms with Crippen molar-refractivity contribution >= 4 is 17.8 Å². The van der Waals surface area contributed by atoms with Crippen LogP contribution >= 0.6 is 12.1 Å². The largest absolute Gasteiger partial charge is 0.387 e. The minimum absolute atomic E-state index is 0.265. The Morgan fingerprint density at radius 3 is 2.45 bits per heavy atom. The molecule has 0 spiro atoms. The predicted octanol–water partition coefficient (Wildman–Crippen LogP) is 1.38. The molecule has 11 heavy (non-hydrogen) atoms. The Morgan fingerprint density at radius 2 is 2.18 bits per heavy atom. The van der Waals surface area contributed by atoms with Crippen molar-refractivity contribution in [1.82, 2.24) is 0 Å². The molecule has 0 radical (unpaired) electrons. The Hall–Kier alpha value is -0.0600. The lowest BCUT2D eigenvalue weighted by molar-refractivity contribution is 0.232. The average molecular weight is 176 g/mol. The van der Waals surface area contributed by atoms with E-state index in [-0.39, 0.29) is 5.92 Å². The summed E-state index contributed by atoms with van der Waals surface area (Å²) in [5.41, 5.74) is 0.778. The lowest BCUT2D eigenvalue weighted by Gasteiger charge is -2.13. The summed E-state index contributed by atoms with van der Waals surface area (Å²) in [4.78, 5) is 0. The third kappa shape index (κ3) is 3.74. The predicted molar refractivity (Wildman–Crippen MR) is 50.3 cm³/mol. The lowest BCUT2D eigenvalue weighted by Crippen LogP contribution is -2.24. The highest BCUT2D eigenvalue weighted by molar-refractivity contribution is 7.95. The first kappa shape index (κ1) is 10.9. The van der Waals surface area contributed by atoms with Crippen LogP contribution in [0.2, 0.25) is 0 Å². The molecule has 0 aromatic carbocycles. The third-order valence-electron chi connectivity index (χ3n) is 1.48. The molecule has 0 saturated carbocycles. The molecule has 0 aliphatic carbocycles. The normalized spacial score (nSPS) is 15.6. The van der Waals surface area contributed by atoms with E-state index in [4.69, 9.17) is 5.14 Å². The van der Waals surface area contributed by atoms with Gasteiger partial charge in [-0.05, 0) is 12.3 Å². The van der Waals surface area contributed by atoms with Crippen LogP contribution in [0.4, 0.5) is 0 Å². The van der Waals surface area contributed by atoms with Gasteiger partial charge in [0, 0.05) is 0 Å². The molecular formula is C7H16N2OS. The molecule has 0 fully saturated rings. The first-order valence-corrected chi connectivity index (χ1v) is 4.58. The quantitative estimate of drug-likeness (QED) is 0.502. The van der Waals surface area contributed by atoms with E-state index in [1.54, 1.807) is 0 Å². The van der Waals surface area contributed by atoms with Crippen LogP contribution in [0.1, 0.15) is 27.2 Å². The van der Waals surface area contributed by atoms with Gasteiger partial charge in [0.25, 0.3) is 0 Å². The highest BCUT2D eigenvalue weighted by Crippen LogP contribution is 2.08. The summed E-state index contributed by atoms with van der Waals surface area (Å²) in [7, 11) is 0. The third-order valence-corrected chi connectivity index (χ3v) is 1.79. The second kappa shape index (κ2) is 5.57. The molecule has 0 aromatic rings. The topological polar surface area (TPSA) is 58.6 Å². The van der Waals surface area contributed by atoms with Crippen LogP contribution < -0.4 is 5.14 Å². The zero-order valence-electron chi connectivity index (χ0n) is 7.24. The van der Waals surface area contributed by atoms with Crippen LogP contribution in [0.3, 0.4) is 0 Å². The number of nitrogens with two attached hydrogens (primary N) is 1. The number of aliphatic hydroxyl groups is 1. The van der Waals surface area contributed by atoms with Crippen molar-refractivity contribution in [2.45, 2.75) is 33.3 Å². The fourth-order valence-electron chi connectivity index (χ4n) is 0.821. The Labute approximate surface area is 72.4 Å². The van der Waals surface area contributed by atoms with E-state index in [0.717, 1.165) is 17.8 Å². The van der Waals surface area contributed by atoms with Gasteiger partial charge in [0.05, 0.1) is 23.9 Å². The summed E-state index contributed by atoms with van der Waals surface area (Å²) in [6.45, 7) is 5.91. The van der Waals surface area contributed by atoms with E-state index >= 15 is 0 Å². The van der Waals surface area contributed by atoms with Crippen LogP contribution in [0.15, 0.2) is 4.40 Å². The van der Waals surface area contributed by atoms with Crippen LogP contribution in [-0.4, -0.2) is 16.9 Å². The van der Waals surface area contributed by atoms with E-state index in [1.165, 1.54) is 0 Å². The number of aliphatic hydroxyl groups excluding tert-OH is 1. The van der Waals surface area contributed by atoms with Gasteiger partial charge in [-0.2, -0.15) is 0 Å². The van der Waals surface area contributed by atoms with E-state index < -0.39 is 6.10 Å². The van der Waals surface area contributed by atoms with Crippen LogP contribution in [0.25, 0.3) is 0 Å². The van der Waals surface area contributed by atoms with Crippen LogP contribution in [-0.2, 0) is 0 Å². The maximum atomic E-state index is 9.42. The number of hydrogen-bond acceptors (Lipinski definition) is 4. The second-order valence-corrected chi connectivity index (χ2v) is 3.09. The van der Waals surface area contributed by atoms with Gasteiger partial charge >= 0.3 is 0 Å². The van der Waals surface area contributed by atoms with Gasteiger partial charge in [0.2, 0.25) is 0 Å². The molecule has 0 aliphatic rings. The summed E-state index contributed by atoms with van der Waals surface area (Å²) < 4.78 is 3.96. The van der Waals surface area contributed by atoms with Crippen molar-refractivity contribution in [3.8, 4) is 0 Å². The smallest absolute Gasteiger partial charge is 0.0928 e. The fraction of sp³-hybridized carbons (Fsp3) is 0.857. The first-order valence-electron chi connectivity index (χ1n) is 3.75. The summed E-state index contributed by atoms with van der Waals surface area (Å²) in [5, 5.41) is 14.6. The SMILES string of the molecule is CCC(O)C(=NSN)C(C)C. The van der Waals surface area contributed by atoms with Gasteiger partial charge in [0.15, 0.2) is 0 Å². The number of nitrogens with zero attached hydrogens (tertiary/aromatic N) is 1. The van der Waals surface area contributed by atoms with Gasteiger partial charge in [-0.25, -0.2) is 4.40 Å². The summed E-state index contributed by atoms with van der Waals surface area (Å²) in [6.07, 6.45) is 0.253. The Bertz CT molecular complexity index is 136. The summed E-state index contributed by atoms with van der Waals surface area (Å²) in [6, 6.07) is 0. The minimum Gasteiger partial charge on any atom is -0.387 e.